The molecule has 5 nitrogen and oxygen atoms in total. The quantitative estimate of drug-likeness (QED) is 0.542. The van der Waals surface area contributed by atoms with Gasteiger partial charge in [-0.3, -0.25) is 0 Å². The zero-order chi connectivity index (χ0) is 16.9. The molecule has 24 heavy (non-hydrogen) atoms. The third-order valence-corrected chi connectivity index (χ3v) is 6.09. The summed E-state index contributed by atoms with van der Waals surface area (Å²) >= 11 is 3.31. The van der Waals surface area contributed by atoms with Crippen LogP contribution in [0, 0.1) is 0 Å². The van der Waals surface area contributed by atoms with E-state index in [1.165, 1.54) is 0 Å². The summed E-state index contributed by atoms with van der Waals surface area (Å²) in [5.41, 5.74) is 1.56. The van der Waals surface area contributed by atoms with E-state index in [0.717, 1.165) is 14.8 Å². The molecule has 0 aromatic heterocycles. The number of benzene rings is 2. The minimum atomic E-state index is -0.200. The number of halogens is 1. The van der Waals surface area contributed by atoms with E-state index in [4.69, 9.17) is 0 Å². The maximum atomic E-state index is 12.4. The van der Waals surface area contributed by atoms with Gasteiger partial charge in [0, 0.05) is 0 Å². The third-order valence-electron chi connectivity index (χ3n) is 3.36. The average molecular weight is 451 g/mol. The normalized spacial score (nSPS) is 16.5. The number of nitrogens with zero attached hydrogens (tertiary/aromatic N) is 1. The van der Waals surface area contributed by atoms with Crippen molar-refractivity contribution in [2.24, 2.45) is 0 Å². The molecule has 1 aliphatic rings. The molecule has 0 bridgehead atoms. The first-order valence-corrected chi connectivity index (χ1v) is 9.80. The van der Waals surface area contributed by atoms with Crippen LogP contribution in [-0.4, -0.2) is 32.3 Å². The van der Waals surface area contributed by atoms with E-state index in [2.05, 4.69) is 26.6 Å². The molecule has 0 fully saturated rings. The Kier molecular flexibility index (Phi) is 5.35. The first-order chi connectivity index (χ1) is 11.7. The van der Waals surface area contributed by atoms with Gasteiger partial charge in [-0.05, 0) is 0 Å². The Hall–Kier alpha value is -2.08. The fourth-order valence-electron chi connectivity index (χ4n) is 2.24. The molecular formula is C17H14BrN3O2Se. The Morgan fingerprint density at radius 2 is 1.83 bits per heavy atom. The predicted molar refractivity (Wildman–Crippen MR) is 97.4 cm³/mol. The van der Waals surface area contributed by atoms with E-state index < -0.39 is 0 Å². The Morgan fingerprint density at radius 1 is 1.12 bits per heavy atom. The fraction of sp³-hybridized carbons (Fsp3) is 0.0588. The zero-order valence-electron chi connectivity index (χ0n) is 12.5. The molecule has 0 aliphatic carbocycles. The van der Waals surface area contributed by atoms with Gasteiger partial charge < -0.3 is 0 Å². The summed E-state index contributed by atoms with van der Waals surface area (Å²) in [6.07, 6.45) is 2.53. The first kappa shape index (κ1) is 16.8. The van der Waals surface area contributed by atoms with Crippen molar-refractivity contribution in [1.82, 2.24) is 10.6 Å². The van der Waals surface area contributed by atoms with Crippen molar-refractivity contribution in [3.63, 3.8) is 0 Å². The van der Waals surface area contributed by atoms with Gasteiger partial charge in [0.15, 0.2) is 0 Å². The van der Waals surface area contributed by atoms with Crippen LogP contribution in [-0.2, 0) is 4.79 Å². The van der Waals surface area contributed by atoms with Crippen LogP contribution >= 0.6 is 15.9 Å². The van der Waals surface area contributed by atoms with Crippen molar-refractivity contribution in [3.05, 3.63) is 75.4 Å². The molecule has 2 N–H and O–H groups in total. The fourth-order valence-corrected chi connectivity index (χ4v) is 4.59. The van der Waals surface area contributed by atoms with Crippen molar-refractivity contribution in [2.45, 2.75) is 5.06 Å². The second kappa shape index (κ2) is 7.66. The Morgan fingerprint density at radius 3 is 2.50 bits per heavy atom. The molecule has 1 unspecified atom stereocenters. The summed E-state index contributed by atoms with van der Waals surface area (Å²) < 4.78 is 1.80. The molecule has 3 rings (SSSR count). The van der Waals surface area contributed by atoms with Crippen molar-refractivity contribution in [3.8, 4) is 0 Å². The summed E-state index contributed by atoms with van der Waals surface area (Å²) in [6.45, 7) is 0. The van der Waals surface area contributed by atoms with Crippen LogP contribution in [0.2, 0.25) is 0 Å². The Bertz CT molecular complexity index is 765. The van der Waals surface area contributed by atoms with Gasteiger partial charge in [0.25, 0.3) is 0 Å². The van der Waals surface area contributed by atoms with Gasteiger partial charge in [0.1, 0.15) is 0 Å². The molecule has 2 aromatic rings. The SMILES string of the molecule is O=CNC1=CN(c2ccc(Br)cc2)C(NC(=O)c2ccccc2)[Se]1. The van der Waals surface area contributed by atoms with E-state index in [1.54, 1.807) is 12.1 Å². The van der Waals surface area contributed by atoms with Gasteiger partial charge >= 0.3 is 155 Å². The van der Waals surface area contributed by atoms with Gasteiger partial charge in [-0.2, -0.15) is 0 Å². The molecule has 1 aliphatic heterocycles. The maximum absolute atomic E-state index is 12.4. The zero-order valence-corrected chi connectivity index (χ0v) is 15.8. The molecule has 2 aromatic carbocycles. The van der Waals surface area contributed by atoms with Gasteiger partial charge in [0.2, 0.25) is 0 Å². The second-order valence-electron chi connectivity index (χ2n) is 4.95. The molecule has 1 atom stereocenters. The van der Waals surface area contributed by atoms with Crippen molar-refractivity contribution < 1.29 is 9.59 Å². The number of anilines is 1. The van der Waals surface area contributed by atoms with Crippen LogP contribution in [0.3, 0.4) is 0 Å². The van der Waals surface area contributed by atoms with Gasteiger partial charge in [-0.25, -0.2) is 0 Å². The van der Waals surface area contributed by atoms with Crippen LogP contribution in [0.5, 0.6) is 0 Å². The van der Waals surface area contributed by atoms with E-state index in [-0.39, 0.29) is 25.9 Å². The molecule has 122 valence electrons. The van der Waals surface area contributed by atoms with Gasteiger partial charge in [0.05, 0.1) is 0 Å². The van der Waals surface area contributed by atoms with Crippen molar-refractivity contribution in [2.75, 3.05) is 4.90 Å². The topological polar surface area (TPSA) is 61.4 Å². The summed E-state index contributed by atoms with van der Waals surface area (Å²) in [5, 5.41) is 5.55. The molecule has 2 amide bonds. The summed E-state index contributed by atoms with van der Waals surface area (Å²) in [7, 11) is 0. The Balaban J connectivity index is 1.81. The van der Waals surface area contributed by atoms with Crippen molar-refractivity contribution >= 4 is 48.9 Å². The second-order valence-corrected chi connectivity index (χ2v) is 8.22. The number of carbonyl (C=O) groups is 2. The first-order valence-electron chi connectivity index (χ1n) is 7.16. The summed E-state index contributed by atoms with van der Waals surface area (Å²) in [5.74, 6) is -0.134. The van der Waals surface area contributed by atoms with Crippen molar-refractivity contribution in [1.29, 1.82) is 0 Å². The number of hydrogen-bond donors (Lipinski definition) is 2. The number of rotatable bonds is 5. The van der Waals surface area contributed by atoms with E-state index in [9.17, 15) is 9.59 Å². The summed E-state index contributed by atoms with van der Waals surface area (Å²) in [4.78, 5) is 25.2. The molecule has 0 saturated heterocycles. The average Bonchev–Trinajstić information content (AvgIpc) is 2.99. The van der Waals surface area contributed by atoms with E-state index >= 15 is 0 Å². The predicted octanol–water partition coefficient (Wildman–Crippen LogP) is 2.23. The van der Waals surface area contributed by atoms with Crippen LogP contribution in [0.15, 0.2) is 69.9 Å². The van der Waals surface area contributed by atoms with Crippen LogP contribution in [0.1, 0.15) is 10.4 Å². The number of hydrogen-bond acceptors (Lipinski definition) is 3. The number of carbonyl (C=O) groups excluding carboxylic acids is 2. The molecule has 1 heterocycles. The van der Waals surface area contributed by atoms with Crippen LogP contribution in [0.4, 0.5) is 5.69 Å². The number of amides is 2. The van der Waals surface area contributed by atoms with Gasteiger partial charge in [-0.15, -0.1) is 0 Å². The molecular weight excluding hydrogens is 437 g/mol. The molecule has 7 heteroatoms. The summed E-state index contributed by atoms with van der Waals surface area (Å²) in [6, 6.07) is 16.9. The van der Waals surface area contributed by atoms with Gasteiger partial charge in [-0.1, -0.05) is 0 Å². The molecule has 0 saturated carbocycles. The minimum absolute atomic E-state index is 0.113. The van der Waals surface area contributed by atoms with E-state index in [0.29, 0.717) is 12.0 Å². The third kappa shape index (κ3) is 3.87. The molecule has 0 spiro atoms. The van der Waals surface area contributed by atoms with E-state index in [1.807, 2.05) is 53.6 Å². The van der Waals surface area contributed by atoms with Crippen LogP contribution < -0.4 is 15.5 Å². The monoisotopic (exact) mass is 451 g/mol. The Labute approximate surface area is 154 Å². The van der Waals surface area contributed by atoms with Crippen LogP contribution in [0.25, 0.3) is 0 Å². The standard InChI is InChI=1S/C17H14BrN3O2Se/c18-13-6-8-14(9-7-13)21-10-15(19-11-22)24-17(21)20-16(23)12-4-2-1-3-5-12/h1-11,17H,(H,19,22)(H,20,23). The number of nitrogens with one attached hydrogen (secondary N) is 2. The molecule has 0 radical (unpaired) electrons.